The minimum absolute atomic E-state index is 0.00784. The zero-order chi connectivity index (χ0) is 23.5. The lowest BCUT2D eigenvalue weighted by Gasteiger charge is -2.31. The van der Waals surface area contributed by atoms with Gasteiger partial charge in [0, 0.05) is 31.3 Å². The van der Waals surface area contributed by atoms with Crippen molar-refractivity contribution in [1.82, 2.24) is 8.87 Å². The predicted octanol–water partition coefficient (Wildman–Crippen LogP) is 3.23. The molecule has 0 spiro atoms. The molecular weight excluding hydrogens is 454 g/mol. The summed E-state index contributed by atoms with van der Waals surface area (Å²) in [5, 5.41) is 0. The molecule has 2 aliphatic heterocycles. The fraction of sp³-hybridized carbons (Fsp3) is 0.520. The van der Waals surface area contributed by atoms with Gasteiger partial charge < -0.3 is 9.47 Å². The van der Waals surface area contributed by atoms with Crippen LogP contribution in [0.2, 0.25) is 0 Å². The minimum Gasteiger partial charge on any atom is -0.486 e. The first-order valence-corrected chi connectivity index (χ1v) is 13.6. The number of carbonyl (C=O) groups is 1. The number of benzene rings is 1. The summed E-state index contributed by atoms with van der Waals surface area (Å²) in [5.74, 6) is 0.766. The van der Waals surface area contributed by atoms with E-state index < -0.39 is 10.0 Å². The average Bonchev–Trinajstić information content (AvgIpc) is 2.89. The number of fused-ring (bicyclic) bond motifs is 1. The number of hydrogen-bond donors (Lipinski definition) is 0. The van der Waals surface area contributed by atoms with Gasteiger partial charge in [0.2, 0.25) is 15.9 Å². The molecule has 0 amide bonds. The molecule has 2 aromatic rings. The first kappa shape index (κ1) is 23.1. The summed E-state index contributed by atoms with van der Waals surface area (Å²) in [6.07, 6.45) is 8.51. The van der Waals surface area contributed by atoms with Gasteiger partial charge in [-0.2, -0.15) is 4.31 Å². The van der Waals surface area contributed by atoms with Crippen LogP contribution in [0.25, 0.3) is 0 Å². The highest BCUT2D eigenvalue weighted by Crippen LogP contribution is 2.34. The van der Waals surface area contributed by atoms with Crippen LogP contribution in [-0.4, -0.2) is 55.5 Å². The molecule has 1 saturated carbocycles. The van der Waals surface area contributed by atoms with E-state index in [1.165, 1.54) is 29.6 Å². The van der Waals surface area contributed by atoms with E-state index in [-0.39, 0.29) is 22.8 Å². The number of pyridine rings is 1. The molecule has 0 unspecified atom stereocenters. The van der Waals surface area contributed by atoms with Crippen LogP contribution in [0.3, 0.4) is 0 Å². The van der Waals surface area contributed by atoms with E-state index in [1.807, 2.05) is 18.2 Å². The molecule has 1 saturated heterocycles. The van der Waals surface area contributed by atoms with Crippen LogP contribution >= 0.6 is 0 Å². The van der Waals surface area contributed by atoms with E-state index in [2.05, 4.69) is 0 Å². The SMILES string of the molecule is O=C(C1CCN(S(=O)(=O)c2ccc3c(c2)OCCO3)CC1)n1ccccc1=NC1CCCCC1. The molecule has 2 fully saturated rings. The van der Waals surface area contributed by atoms with Crippen molar-refractivity contribution < 1.29 is 22.7 Å². The Bertz CT molecular complexity index is 1210. The van der Waals surface area contributed by atoms with Crippen molar-refractivity contribution in [3.63, 3.8) is 0 Å². The van der Waals surface area contributed by atoms with Crippen molar-refractivity contribution >= 4 is 15.9 Å². The molecule has 5 rings (SSSR count). The van der Waals surface area contributed by atoms with Crippen LogP contribution in [0.4, 0.5) is 0 Å². The van der Waals surface area contributed by atoms with Crippen LogP contribution in [0.15, 0.2) is 52.5 Å². The molecule has 1 aliphatic carbocycles. The van der Waals surface area contributed by atoms with Gasteiger partial charge in [0.15, 0.2) is 11.5 Å². The third-order valence-electron chi connectivity index (χ3n) is 6.92. The number of aromatic nitrogens is 1. The lowest BCUT2D eigenvalue weighted by Crippen LogP contribution is -2.42. The van der Waals surface area contributed by atoms with E-state index in [1.54, 1.807) is 22.9 Å². The van der Waals surface area contributed by atoms with Gasteiger partial charge in [0.05, 0.1) is 10.9 Å². The molecule has 0 atom stereocenters. The number of ether oxygens (including phenoxy) is 2. The second kappa shape index (κ2) is 9.92. The van der Waals surface area contributed by atoms with Gasteiger partial charge in [-0.1, -0.05) is 25.3 Å². The molecule has 182 valence electrons. The van der Waals surface area contributed by atoms with Crippen molar-refractivity contribution in [3.8, 4) is 11.5 Å². The summed E-state index contributed by atoms with van der Waals surface area (Å²) in [4.78, 5) is 18.4. The Hall–Kier alpha value is -2.65. The van der Waals surface area contributed by atoms with Crippen molar-refractivity contribution in [2.75, 3.05) is 26.3 Å². The number of hydrogen-bond acceptors (Lipinski definition) is 6. The van der Waals surface area contributed by atoms with E-state index in [4.69, 9.17) is 14.5 Å². The van der Waals surface area contributed by atoms with Gasteiger partial charge in [-0.05, 0) is 49.9 Å². The largest absolute Gasteiger partial charge is 0.486 e. The summed E-state index contributed by atoms with van der Waals surface area (Å²) >= 11 is 0. The highest BCUT2D eigenvalue weighted by atomic mass is 32.2. The first-order chi connectivity index (χ1) is 16.5. The van der Waals surface area contributed by atoms with E-state index in [0.717, 1.165) is 12.8 Å². The molecule has 0 bridgehead atoms. The molecule has 3 aliphatic rings. The monoisotopic (exact) mass is 485 g/mol. The normalized spacial score (nSPS) is 20.9. The van der Waals surface area contributed by atoms with Gasteiger partial charge in [-0.25, -0.2) is 8.42 Å². The van der Waals surface area contributed by atoms with Gasteiger partial charge in [0.25, 0.3) is 0 Å². The molecule has 0 radical (unpaired) electrons. The Morgan fingerprint density at radius 2 is 1.65 bits per heavy atom. The summed E-state index contributed by atoms with van der Waals surface area (Å²) in [5.41, 5.74) is 0.700. The summed E-state index contributed by atoms with van der Waals surface area (Å²) < 4.78 is 40.6. The highest BCUT2D eigenvalue weighted by molar-refractivity contribution is 7.89. The Morgan fingerprint density at radius 3 is 2.41 bits per heavy atom. The molecule has 1 aromatic carbocycles. The Kier molecular flexibility index (Phi) is 6.74. The fourth-order valence-corrected chi connectivity index (χ4v) is 6.48. The van der Waals surface area contributed by atoms with Crippen LogP contribution in [-0.2, 0) is 10.0 Å². The molecule has 0 N–H and O–H groups in total. The van der Waals surface area contributed by atoms with E-state index in [9.17, 15) is 13.2 Å². The van der Waals surface area contributed by atoms with Crippen molar-refractivity contribution in [3.05, 3.63) is 48.1 Å². The third-order valence-corrected chi connectivity index (χ3v) is 8.81. The molecule has 9 heteroatoms. The number of sulfonamides is 1. The maximum atomic E-state index is 13.4. The Morgan fingerprint density at radius 1 is 0.912 bits per heavy atom. The highest BCUT2D eigenvalue weighted by Gasteiger charge is 2.33. The molecule has 34 heavy (non-hydrogen) atoms. The third kappa shape index (κ3) is 4.77. The van der Waals surface area contributed by atoms with Gasteiger partial charge in [-0.15, -0.1) is 0 Å². The van der Waals surface area contributed by atoms with Gasteiger partial charge in [-0.3, -0.25) is 14.4 Å². The quantitative estimate of drug-likeness (QED) is 0.663. The number of piperidine rings is 1. The Balaban J connectivity index is 1.28. The van der Waals surface area contributed by atoms with Gasteiger partial charge in [0.1, 0.15) is 18.7 Å². The smallest absolute Gasteiger partial charge is 0.243 e. The second-order valence-corrected chi connectivity index (χ2v) is 11.1. The van der Waals surface area contributed by atoms with Crippen LogP contribution in [0.1, 0.15) is 49.7 Å². The topological polar surface area (TPSA) is 90.2 Å². The fourth-order valence-electron chi connectivity index (χ4n) is 5.00. The van der Waals surface area contributed by atoms with E-state index >= 15 is 0 Å². The standard InChI is InChI=1S/C25H31N3O5S/c29-25(28-13-5-4-8-24(28)26-20-6-2-1-3-7-20)19-11-14-27(15-12-19)34(30,31)21-9-10-22-23(18-21)33-17-16-32-22/h4-5,8-10,13,18-20H,1-3,6-7,11-12,14-17H2. The molecule has 3 heterocycles. The minimum atomic E-state index is -3.68. The van der Waals surface area contributed by atoms with Crippen molar-refractivity contribution in [2.24, 2.45) is 10.9 Å². The first-order valence-electron chi connectivity index (χ1n) is 12.2. The average molecular weight is 486 g/mol. The summed E-state index contributed by atoms with van der Waals surface area (Å²) in [7, 11) is -3.68. The number of rotatable bonds is 4. The molecule has 8 nitrogen and oxygen atoms in total. The van der Waals surface area contributed by atoms with Crippen LogP contribution < -0.4 is 15.0 Å². The van der Waals surface area contributed by atoms with Crippen LogP contribution in [0, 0.1) is 5.92 Å². The van der Waals surface area contributed by atoms with Gasteiger partial charge >= 0.3 is 0 Å². The molecule has 1 aromatic heterocycles. The van der Waals surface area contributed by atoms with E-state index in [0.29, 0.717) is 56.1 Å². The maximum Gasteiger partial charge on any atom is 0.243 e. The second-order valence-electron chi connectivity index (χ2n) is 9.17. The maximum absolute atomic E-state index is 13.4. The van der Waals surface area contributed by atoms with Crippen molar-refractivity contribution in [1.29, 1.82) is 0 Å². The zero-order valence-electron chi connectivity index (χ0n) is 19.3. The lowest BCUT2D eigenvalue weighted by molar-refractivity contribution is 0.0780. The molecular formula is C25H31N3O5S. The summed E-state index contributed by atoms with van der Waals surface area (Å²) in [6.45, 7) is 1.46. The predicted molar refractivity (Wildman–Crippen MR) is 126 cm³/mol. The lowest BCUT2D eigenvalue weighted by atomic mass is 9.96. The number of nitrogens with zero attached hydrogens (tertiary/aromatic N) is 3. The van der Waals surface area contributed by atoms with Crippen LogP contribution in [0.5, 0.6) is 11.5 Å². The van der Waals surface area contributed by atoms with Crippen molar-refractivity contribution in [2.45, 2.75) is 55.9 Å². The summed E-state index contributed by atoms with van der Waals surface area (Å²) in [6, 6.07) is 10.6. The Labute approximate surface area is 200 Å². The zero-order valence-corrected chi connectivity index (χ0v) is 20.1. The number of carbonyl (C=O) groups excluding carboxylic acids is 1.